The lowest BCUT2D eigenvalue weighted by atomic mass is 9.92. The minimum absolute atomic E-state index is 0.0150. The van der Waals surface area contributed by atoms with Crippen LogP contribution in [-0.4, -0.2) is 17.4 Å². The van der Waals surface area contributed by atoms with E-state index < -0.39 is 0 Å². The molecule has 0 N–H and O–H groups in total. The fraction of sp³-hybridized carbons (Fsp3) is 0.222. The highest BCUT2D eigenvalue weighted by atomic mass is 79.9. The fourth-order valence-corrected chi connectivity index (χ4v) is 4.98. The van der Waals surface area contributed by atoms with Crippen molar-refractivity contribution in [3.63, 3.8) is 0 Å². The number of hydrogen-bond donors (Lipinski definition) is 0. The Labute approximate surface area is 195 Å². The van der Waals surface area contributed by atoms with Crippen molar-refractivity contribution in [3.8, 4) is 11.3 Å². The van der Waals surface area contributed by atoms with Crippen molar-refractivity contribution in [2.75, 3.05) is 6.54 Å². The summed E-state index contributed by atoms with van der Waals surface area (Å²) in [7, 11) is 0. The standard InChI is InChI=1S/C27H23BrFNO2/c1-3-17-12-20(27(31)30-11-10-18-6-4-5-7-22(18)16(30)2)13-19-14-25(32-26(17)19)23-9-8-21(28)15-24(23)29/h4-9,12-16H,3,10-11H2,1-2H3. The number of fused-ring (bicyclic) bond motifs is 2. The third-order valence-electron chi connectivity index (χ3n) is 6.37. The average Bonchev–Trinajstić information content (AvgIpc) is 3.22. The van der Waals surface area contributed by atoms with E-state index >= 15 is 0 Å². The lowest BCUT2D eigenvalue weighted by molar-refractivity contribution is 0.0678. The summed E-state index contributed by atoms with van der Waals surface area (Å²) in [5.41, 5.74) is 5.22. The first-order chi connectivity index (χ1) is 15.5. The number of aryl methyl sites for hydroxylation is 1. The lowest BCUT2D eigenvalue weighted by Crippen LogP contribution is -2.38. The molecular weight excluding hydrogens is 469 g/mol. The molecule has 1 atom stereocenters. The van der Waals surface area contributed by atoms with Crippen molar-refractivity contribution >= 4 is 32.8 Å². The Morgan fingerprint density at radius 3 is 2.75 bits per heavy atom. The fourth-order valence-electron chi connectivity index (χ4n) is 4.65. The van der Waals surface area contributed by atoms with E-state index in [4.69, 9.17) is 4.42 Å². The molecule has 3 aromatic carbocycles. The number of benzene rings is 3. The van der Waals surface area contributed by atoms with E-state index in [-0.39, 0.29) is 17.8 Å². The van der Waals surface area contributed by atoms with Crippen LogP contribution in [0.2, 0.25) is 0 Å². The molecule has 1 aromatic heterocycles. The van der Waals surface area contributed by atoms with Crippen LogP contribution < -0.4 is 0 Å². The van der Waals surface area contributed by atoms with Crippen molar-refractivity contribution in [2.24, 2.45) is 0 Å². The van der Waals surface area contributed by atoms with Gasteiger partial charge in [0, 0.05) is 22.0 Å². The van der Waals surface area contributed by atoms with Gasteiger partial charge < -0.3 is 9.32 Å². The van der Waals surface area contributed by atoms with Crippen LogP contribution in [0.3, 0.4) is 0 Å². The van der Waals surface area contributed by atoms with Gasteiger partial charge in [-0.05, 0) is 72.9 Å². The van der Waals surface area contributed by atoms with Gasteiger partial charge in [-0.1, -0.05) is 47.1 Å². The van der Waals surface area contributed by atoms with Crippen LogP contribution in [0.4, 0.5) is 4.39 Å². The molecule has 0 aliphatic carbocycles. The van der Waals surface area contributed by atoms with Crippen molar-refractivity contribution in [1.29, 1.82) is 0 Å². The molecule has 0 spiro atoms. The summed E-state index contributed by atoms with van der Waals surface area (Å²) in [6, 6.07) is 18.9. The Bertz CT molecular complexity index is 1340. The highest BCUT2D eigenvalue weighted by Crippen LogP contribution is 2.35. The van der Waals surface area contributed by atoms with E-state index in [2.05, 4.69) is 41.1 Å². The Morgan fingerprint density at radius 1 is 1.16 bits per heavy atom. The first kappa shape index (κ1) is 21.0. The van der Waals surface area contributed by atoms with Gasteiger partial charge in [0.1, 0.15) is 17.2 Å². The molecule has 32 heavy (non-hydrogen) atoms. The molecule has 0 radical (unpaired) electrons. The van der Waals surface area contributed by atoms with Crippen LogP contribution in [0.1, 0.15) is 46.9 Å². The van der Waals surface area contributed by atoms with Crippen LogP contribution in [0.15, 0.2) is 69.6 Å². The van der Waals surface area contributed by atoms with Crippen LogP contribution in [0, 0.1) is 5.82 Å². The van der Waals surface area contributed by atoms with Crippen molar-refractivity contribution < 1.29 is 13.6 Å². The molecular formula is C27H23BrFNO2. The maximum atomic E-state index is 14.5. The quantitative estimate of drug-likeness (QED) is 0.300. The molecule has 0 saturated heterocycles. The Morgan fingerprint density at radius 2 is 1.97 bits per heavy atom. The summed E-state index contributed by atoms with van der Waals surface area (Å²) in [5, 5.41) is 0.815. The lowest BCUT2D eigenvalue weighted by Gasteiger charge is -2.35. The zero-order valence-electron chi connectivity index (χ0n) is 18.0. The summed E-state index contributed by atoms with van der Waals surface area (Å²) in [6.07, 6.45) is 1.57. The minimum atomic E-state index is -0.353. The molecule has 1 aliphatic rings. The van der Waals surface area contributed by atoms with E-state index in [1.807, 2.05) is 36.1 Å². The molecule has 3 nitrogen and oxygen atoms in total. The summed E-state index contributed by atoms with van der Waals surface area (Å²) in [5.74, 6) is 0.124. The zero-order valence-corrected chi connectivity index (χ0v) is 19.6. The van der Waals surface area contributed by atoms with Gasteiger partial charge in [-0.3, -0.25) is 4.79 Å². The van der Waals surface area contributed by atoms with Crippen LogP contribution in [-0.2, 0) is 12.8 Å². The predicted molar refractivity (Wildman–Crippen MR) is 128 cm³/mol. The number of halogens is 2. The number of carbonyl (C=O) groups is 1. The van der Waals surface area contributed by atoms with Gasteiger partial charge in [-0.2, -0.15) is 0 Å². The molecule has 1 aliphatic heterocycles. The number of furan rings is 1. The second-order valence-electron chi connectivity index (χ2n) is 8.27. The molecule has 0 fully saturated rings. The van der Waals surface area contributed by atoms with Crippen molar-refractivity contribution in [1.82, 2.24) is 4.90 Å². The maximum Gasteiger partial charge on any atom is 0.254 e. The average molecular weight is 492 g/mol. The number of rotatable bonds is 3. The summed E-state index contributed by atoms with van der Waals surface area (Å²) >= 11 is 3.29. The summed E-state index contributed by atoms with van der Waals surface area (Å²) in [4.78, 5) is 15.5. The predicted octanol–water partition coefficient (Wildman–Crippen LogP) is 7.32. The van der Waals surface area contributed by atoms with E-state index in [0.717, 1.165) is 17.4 Å². The topological polar surface area (TPSA) is 33.5 Å². The Kier molecular flexibility index (Phi) is 5.38. The number of amides is 1. The molecule has 0 bridgehead atoms. The largest absolute Gasteiger partial charge is 0.456 e. The van der Waals surface area contributed by atoms with Crippen molar-refractivity contribution in [3.05, 3.63) is 93.2 Å². The van der Waals surface area contributed by atoms with Gasteiger partial charge in [0.25, 0.3) is 5.91 Å². The summed E-state index contributed by atoms with van der Waals surface area (Å²) in [6.45, 7) is 4.81. The SMILES string of the molecule is CCc1cc(C(=O)N2CCc3ccccc3C2C)cc2cc(-c3ccc(Br)cc3F)oc12. The second kappa shape index (κ2) is 8.21. The van der Waals surface area contributed by atoms with Gasteiger partial charge in [-0.25, -0.2) is 4.39 Å². The molecule has 0 saturated carbocycles. The van der Waals surface area contributed by atoms with Crippen LogP contribution in [0.5, 0.6) is 0 Å². The number of carbonyl (C=O) groups excluding carboxylic acids is 1. The van der Waals surface area contributed by atoms with Gasteiger partial charge in [0.2, 0.25) is 0 Å². The number of hydrogen-bond acceptors (Lipinski definition) is 2. The highest BCUT2D eigenvalue weighted by Gasteiger charge is 2.28. The monoisotopic (exact) mass is 491 g/mol. The third-order valence-corrected chi connectivity index (χ3v) is 6.87. The van der Waals surface area contributed by atoms with Gasteiger partial charge >= 0.3 is 0 Å². The molecule has 162 valence electrons. The van der Waals surface area contributed by atoms with E-state index in [1.54, 1.807) is 12.1 Å². The third kappa shape index (κ3) is 3.55. The first-order valence-electron chi connectivity index (χ1n) is 10.9. The van der Waals surface area contributed by atoms with Crippen LogP contribution in [0.25, 0.3) is 22.3 Å². The number of nitrogens with zero attached hydrogens (tertiary/aromatic N) is 1. The molecule has 1 unspecified atom stereocenters. The highest BCUT2D eigenvalue weighted by molar-refractivity contribution is 9.10. The molecule has 1 amide bonds. The maximum absolute atomic E-state index is 14.5. The zero-order chi connectivity index (χ0) is 22.4. The molecule has 5 heteroatoms. The normalized spacial score (nSPS) is 15.8. The van der Waals surface area contributed by atoms with Crippen LogP contribution >= 0.6 is 15.9 Å². The molecule has 2 heterocycles. The van der Waals surface area contributed by atoms with Gasteiger partial charge in [0.15, 0.2) is 0 Å². The van der Waals surface area contributed by atoms with Gasteiger partial charge in [-0.15, -0.1) is 0 Å². The van der Waals surface area contributed by atoms with E-state index in [0.29, 0.717) is 39.9 Å². The Balaban J connectivity index is 1.54. The minimum Gasteiger partial charge on any atom is -0.456 e. The van der Waals surface area contributed by atoms with E-state index in [1.165, 1.54) is 17.2 Å². The van der Waals surface area contributed by atoms with Gasteiger partial charge in [0.05, 0.1) is 11.6 Å². The molecule has 4 aromatic rings. The second-order valence-corrected chi connectivity index (χ2v) is 9.18. The molecule has 5 rings (SSSR count). The summed E-state index contributed by atoms with van der Waals surface area (Å²) < 4.78 is 21.3. The Hall–Kier alpha value is -2.92. The van der Waals surface area contributed by atoms with Crippen molar-refractivity contribution in [2.45, 2.75) is 32.7 Å². The first-order valence-corrected chi connectivity index (χ1v) is 11.7. The van der Waals surface area contributed by atoms with E-state index in [9.17, 15) is 9.18 Å². The smallest absolute Gasteiger partial charge is 0.254 e.